The van der Waals surface area contributed by atoms with Gasteiger partial charge in [0.15, 0.2) is 23.1 Å². The molecular formula is C28H27BF2N4O5S. The van der Waals surface area contributed by atoms with Crippen LogP contribution in [0.15, 0.2) is 60.1 Å². The number of fused-ring (bicyclic) bond motifs is 1. The number of halogens is 2. The van der Waals surface area contributed by atoms with Crippen molar-refractivity contribution in [1.29, 1.82) is 0 Å². The lowest BCUT2D eigenvalue weighted by Gasteiger charge is -2.12. The Bertz CT molecular complexity index is 1660. The van der Waals surface area contributed by atoms with E-state index in [1.165, 1.54) is 29.5 Å². The SMILES string of the molecule is CCOc1cccc(-c2cc(NC(=O)c3csc(C)n3)c3cn[nH]c3c2)c1F.CCOc1cccc(B(O)O)c1F. The van der Waals surface area contributed by atoms with Gasteiger partial charge in [-0.05, 0) is 50.6 Å². The first-order valence-corrected chi connectivity index (χ1v) is 13.5. The number of carbonyl (C=O) groups excluding carboxylic acids is 1. The van der Waals surface area contributed by atoms with Gasteiger partial charge in [-0.2, -0.15) is 5.10 Å². The van der Waals surface area contributed by atoms with Crippen LogP contribution in [0, 0.1) is 18.6 Å². The van der Waals surface area contributed by atoms with Crippen LogP contribution in [0.2, 0.25) is 0 Å². The molecule has 5 rings (SSSR count). The Morgan fingerprint density at radius 1 is 1.05 bits per heavy atom. The number of amides is 1. The van der Waals surface area contributed by atoms with Gasteiger partial charge in [-0.3, -0.25) is 9.89 Å². The molecule has 13 heteroatoms. The smallest absolute Gasteiger partial charge is 0.491 e. The van der Waals surface area contributed by atoms with E-state index < -0.39 is 18.8 Å². The van der Waals surface area contributed by atoms with Gasteiger partial charge in [0.1, 0.15) is 5.69 Å². The minimum absolute atomic E-state index is 0.0353. The Labute approximate surface area is 238 Å². The predicted octanol–water partition coefficient (Wildman–Crippen LogP) is 4.69. The third-order valence-electron chi connectivity index (χ3n) is 5.80. The number of aromatic nitrogens is 3. The van der Waals surface area contributed by atoms with Crippen molar-refractivity contribution in [3.05, 3.63) is 82.4 Å². The van der Waals surface area contributed by atoms with E-state index in [9.17, 15) is 13.6 Å². The number of rotatable bonds is 8. The molecule has 212 valence electrons. The van der Waals surface area contributed by atoms with Gasteiger partial charge in [0.05, 0.1) is 35.6 Å². The van der Waals surface area contributed by atoms with Crippen molar-refractivity contribution in [2.75, 3.05) is 18.5 Å². The molecule has 0 aliphatic carbocycles. The van der Waals surface area contributed by atoms with Crippen LogP contribution in [0.25, 0.3) is 22.0 Å². The molecule has 0 unspecified atom stereocenters. The van der Waals surface area contributed by atoms with Crippen LogP contribution < -0.4 is 20.3 Å². The molecule has 41 heavy (non-hydrogen) atoms. The van der Waals surface area contributed by atoms with E-state index in [-0.39, 0.29) is 22.9 Å². The van der Waals surface area contributed by atoms with Crippen LogP contribution in [0.5, 0.6) is 11.5 Å². The Hall–Kier alpha value is -4.33. The fourth-order valence-electron chi connectivity index (χ4n) is 3.96. The number of aromatic amines is 1. The van der Waals surface area contributed by atoms with Crippen LogP contribution in [0.4, 0.5) is 14.5 Å². The third kappa shape index (κ3) is 6.88. The topological polar surface area (TPSA) is 130 Å². The Balaban J connectivity index is 0.000000251. The lowest BCUT2D eigenvalue weighted by molar-refractivity contribution is 0.102. The van der Waals surface area contributed by atoms with Gasteiger partial charge in [-0.1, -0.05) is 24.3 Å². The lowest BCUT2D eigenvalue weighted by Crippen LogP contribution is -2.32. The van der Waals surface area contributed by atoms with E-state index in [0.29, 0.717) is 41.2 Å². The molecule has 2 heterocycles. The maximum absolute atomic E-state index is 14.9. The van der Waals surface area contributed by atoms with Gasteiger partial charge in [0, 0.05) is 21.8 Å². The van der Waals surface area contributed by atoms with Crippen LogP contribution in [0.1, 0.15) is 29.3 Å². The maximum Gasteiger partial charge on any atom is 0.491 e. The number of anilines is 1. The van der Waals surface area contributed by atoms with Gasteiger partial charge >= 0.3 is 7.12 Å². The number of carbonyl (C=O) groups is 1. The van der Waals surface area contributed by atoms with Crippen molar-refractivity contribution in [1.82, 2.24) is 15.2 Å². The summed E-state index contributed by atoms with van der Waals surface area (Å²) in [5, 5.41) is 30.5. The van der Waals surface area contributed by atoms with E-state index in [1.807, 2.05) is 6.92 Å². The van der Waals surface area contributed by atoms with Crippen molar-refractivity contribution in [2.45, 2.75) is 20.8 Å². The summed E-state index contributed by atoms with van der Waals surface area (Å²) >= 11 is 1.40. The highest BCUT2D eigenvalue weighted by molar-refractivity contribution is 7.09. The summed E-state index contributed by atoms with van der Waals surface area (Å²) in [5.41, 5.74) is 2.35. The zero-order chi connectivity index (χ0) is 29.5. The van der Waals surface area contributed by atoms with Crippen molar-refractivity contribution in [3.63, 3.8) is 0 Å². The minimum atomic E-state index is -1.81. The normalized spacial score (nSPS) is 10.6. The second-order valence-corrected chi connectivity index (χ2v) is 9.64. The molecule has 0 bridgehead atoms. The first-order chi connectivity index (χ1) is 19.7. The molecule has 0 fully saturated rings. The van der Waals surface area contributed by atoms with Crippen LogP contribution in [0.3, 0.4) is 0 Å². The standard InChI is InChI=1S/C20H17FN4O2S.C8H10BFO3/c1-3-27-18-6-4-5-13(19(18)21)12-7-15(14-9-22-25-16(14)8-12)24-20(26)17-10-28-11(2)23-17;1-2-13-7-5-3-4-6(8(7)10)9(11)12/h4-10H,3H2,1-2H3,(H,22,25)(H,24,26);3-5,11-12H,2H2,1H3. The highest BCUT2D eigenvalue weighted by Crippen LogP contribution is 2.34. The molecule has 0 aliphatic heterocycles. The molecule has 0 spiro atoms. The molecule has 4 N–H and O–H groups in total. The van der Waals surface area contributed by atoms with Crippen molar-refractivity contribution >= 4 is 46.4 Å². The first-order valence-electron chi connectivity index (χ1n) is 12.6. The number of aryl methyl sites for hydroxylation is 1. The summed E-state index contributed by atoms with van der Waals surface area (Å²) in [5.74, 6) is -1.27. The number of nitrogens with zero attached hydrogens (tertiary/aromatic N) is 2. The summed E-state index contributed by atoms with van der Waals surface area (Å²) < 4.78 is 38.4. The van der Waals surface area contributed by atoms with Gasteiger partial charge in [-0.25, -0.2) is 13.8 Å². The third-order valence-corrected chi connectivity index (χ3v) is 6.58. The summed E-state index contributed by atoms with van der Waals surface area (Å²) in [6.45, 7) is 6.07. The van der Waals surface area contributed by atoms with Crippen LogP contribution in [-0.2, 0) is 0 Å². The van der Waals surface area contributed by atoms with Gasteiger partial charge in [-0.15, -0.1) is 11.3 Å². The highest BCUT2D eigenvalue weighted by atomic mass is 32.1. The van der Waals surface area contributed by atoms with Gasteiger partial charge in [0.25, 0.3) is 5.91 Å². The molecule has 3 aromatic carbocycles. The van der Waals surface area contributed by atoms with Crippen molar-refractivity contribution in [3.8, 4) is 22.6 Å². The molecule has 0 saturated carbocycles. The van der Waals surface area contributed by atoms with Gasteiger partial charge in [0.2, 0.25) is 0 Å². The largest absolute Gasteiger partial charge is 0.491 e. The van der Waals surface area contributed by atoms with E-state index in [4.69, 9.17) is 19.5 Å². The monoisotopic (exact) mass is 580 g/mol. The second-order valence-electron chi connectivity index (χ2n) is 8.58. The minimum Gasteiger partial charge on any atom is -0.491 e. The van der Waals surface area contributed by atoms with E-state index in [1.54, 1.807) is 55.8 Å². The Morgan fingerprint density at radius 3 is 2.37 bits per heavy atom. The summed E-state index contributed by atoms with van der Waals surface area (Å²) in [7, 11) is -1.81. The number of hydrogen-bond donors (Lipinski definition) is 4. The highest BCUT2D eigenvalue weighted by Gasteiger charge is 2.19. The summed E-state index contributed by atoms with van der Waals surface area (Å²) in [6.07, 6.45) is 1.62. The quantitative estimate of drug-likeness (QED) is 0.196. The van der Waals surface area contributed by atoms with E-state index >= 15 is 0 Å². The Kier molecular flexibility index (Phi) is 9.66. The maximum atomic E-state index is 14.9. The van der Waals surface area contributed by atoms with Crippen LogP contribution >= 0.6 is 11.3 Å². The molecule has 1 amide bonds. The average molecular weight is 580 g/mol. The molecule has 2 aromatic heterocycles. The van der Waals surface area contributed by atoms with Crippen molar-refractivity contribution < 1.29 is 33.1 Å². The summed E-state index contributed by atoms with van der Waals surface area (Å²) in [6, 6.07) is 12.7. The zero-order valence-corrected chi connectivity index (χ0v) is 23.3. The number of thiazole rings is 1. The zero-order valence-electron chi connectivity index (χ0n) is 22.4. The molecule has 0 saturated heterocycles. The predicted molar refractivity (Wildman–Crippen MR) is 155 cm³/mol. The molecule has 0 atom stereocenters. The number of ether oxygens (including phenoxy) is 2. The lowest BCUT2D eigenvalue weighted by atomic mass is 9.80. The summed E-state index contributed by atoms with van der Waals surface area (Å²) in [4.78, 5) is 16.8. The fourth-order valence-corrected chi connectivity index (χ4v) is 4.55. The number of H-pyrrole nitrogens is 1. The molecule has 5 aromatic rings. The molecule has 0 radical (unpaired) electrons. The molecule has 0 aliphatic rings. The number of nitrogens with one attached hydrogen (secondary N) is 2. The van der Waals surface area contributed by atoms with E-state index in [0.717, 1.165) is 10.4 Å². The number of benzene rings is 3. The van der Waals surface area contributed by atoms with Crippen molar-refractivity contribution in [2.24, 2.45) is 0 Å². The first kappa shape index (κ1) is 29.7. The van der Waals surface area contributed by atoms with Crippen LogP contribution in [-0.4, -0.2) is 51.5 Å². The molecule has 9 nitrogen and oxygen atoms in total. The van der Waals surface area contributed by atoms with Gasteiger partial charge < -0.3 is 24.8 Å². The second kappa shape index (κ2) is 13.4. The van der Waals surface area contributed by atoms with E-state index in [2.05, 4.69) is 20.5 Å². The number of hydrogen-bond acceptors (Lipinski definition) is 8. The Morgan fingerprint density at radius 2 is 1.73 bits per heavy atom. The molecular weight excluding hydrogens is 553 g/mol. The fraction of sp³-hybridized carbons (Fsp3) is 0.179. The average Bonchev–Trinajstić information content (AvgIpc) is 3.61.